The zero-order valence-electron chi connectivity index (χ0n) is 37.4. The molecular weight excluding hydrogens is 748 g/mol. The van der Waals surface area contributed by atoms with E-state index < -0.39 is 32.5 Å². The van der Waals surface area contributed by atoms with Crippen LogP contribution in [0.5, 0.6) is 0 Å². The lowest BCUT2D eigenvalue weighted by Gasteiger charge is -2.18. The van der Waals surface area contributed by atoms with Crippen LogP contribution >= 0.6 is 7.82 Å². The van der Waals surface area contributed by atoms with Crippen molar-refractivity contribution in [3.8, 4) is 0 Å². The van der Waals surface area contributed by atoms with Gasteiger partial charge in [0.15, 0.2) is 6.10 Å². The van der Waals surface area contributed by atoms with Crippen LogP contribution in [0.25, 0.3) is 0 Å². The zero-order valence-corrected chi connectivity index (χ0v) is 38.3. The summed E-state index contributed by atoms with van der Waals surface area (Å²) >= 11 is 0. The van der Waals surface area contributed by atoms with Crippen molar-refractivity contribution in [1.29, 1.82) is 0 Å². The minimum absolute atomic E-state index is 0.135. The fraction of sp³-hybridized carbons (Fsp3) is 0.796. The molecule has 0 saturated heterocycles. The predicted octanol–water partition coefficient (Wildman–Crippen LogP) is 15.1. The van der Waals surface area contributed by atoms with Crippen molar-refractivity contribution >= 4 is 19.8 Å². The van der Waals surface area contributed by atoms with E-state index in [1.807, 2.05) is 6.08 Å². The number of unbranched alkanes of at least 4 members (excludes halogenated alkanes) is 26. The number of phosphoric ester groups is 1. The number of hydrogen-bond acceptors (Lipinski definition) is 6. The molecule has 0 amide bonds. The molecule has 9 heteroatoms. The largest absolute Gasteiger partial charge is 0.469 e. The van der Waals surface area contributed by atoms with Crippen molar-refractivity contribution in [2.24, 2.45) is 0 Å². The van der Waals surface area contributed by atoms with Gasteiger partial charge in [0.05, 0.1) is 6.61 Å². The third-order valence-electron chi connectivity index (χ3n) is 10.3. The fourth-order valence-electron chi connectivity index (χ4n) is 6.75. The molecule has 0 bridgehead atoms. The number of phosphoric acid groups is 1. The summed E-state index contributed by atoms with van der Waals surface area (Å²) in [6.07, 6.45) is 55.8. The molecule has 58 heavy (non-hydrogen) atoms. The highest BCUT2D eigenvalue weighted by atomic mass is 31.2. The first-order valence-corrected chi connectivity index (χ1v) is 25.5. The number of allylic oxidation sites excluding steroid dienone is 8. The Kier molecular flexibility index (Phi) is 43.0. The summed E-state index contributed by atoms with van der Waals surface area (Å²) in [5.41, 5.74) is 0. The maximum Gasteiger partial charge on any atom is 0.469 e. The van der Waals surface area contributed by atoms with E-state index in [1.54, 1.807) is 0 Å². The summed E-state index contributed by atoms with van der Waals surface area (Å²) in [6.45, 7) is 3.64. The third kappa shape index (κ3) is 46.7. The van der Waals surface area contributed by atoms with Gasteiger partial charge in [-0.25, -0.2) is 4.57 Å². The Bertz CT molecular complexity index is 1080. The molecule has 8 nitrogen and oxygen atoms in total. The van der Waals surface area contributed by atoms with Gasteiger partial charge in [0.25, 0.3) is 0 Å². The van der Waals surface area contributed by atoms with Gasteiger partial charge in [-0.1, -0.05) is 204 Å². The Morgan fingerprint density at radius 1 is 0.448 bits per heavy atom. The normalized spacial score (nSPS) is 12.8. The van der Waals surface area contributed by atoms with Crippen molar-refractivity contribution in [2.75, 3.05) is 13.2 Å². The molecule has 338 valence electrons. The molecule has 0 aliphatic rings. The second-order valence-electron chi connectivity index (χ2n) is 16.1. The molecule has 2 N–H and O–H groups in total. The van der Waals surface area contributed by atoms with Gasteiger partial charge < -0.3 is 19.3 Å². The fourth-order valence-corrected chi connectivity index (χ4v) is 7.11. The van der Waals surface area contributed by atoms with Crippen LogP contribution in [0.15, 0.2) is 48.6 Å². The summed E-state index contributed by atoms with van der Waals surface area (Å²) in [6, 6.07) is 0. The lowest BCUT2D eigenvalue weighted by atomic mass is 10.0. The first-order chi connectivity index (χ1) is 28.3. The van der Waals surface area contributed by atoms with Gasteiger partial charge in [-0.2, -0.15) is 0 Å². The van der Waals surface area contributed by atoms with E-state index in [1.165, 1.54) is 154 Å². The van der Waals surface area contributed by atoms with Gasteiger partial charge in [-0.15, -0.1) is 0 Å². The highest BCUT2D eigenvalue weighted by molar-refractivity contribution is 7.46. The Labute approximate surface area is 356 Å². The maximum atomic E-state index is 12.4. The van der Waals surface area contributed by atoms with E-state index in [0.717, 1.165) is 32.1 Å². The Hall–Kier alpha value is -1.99. The molecule has 0 aromatic rings. The van der Waals surface area contributed by atoms with Gasteiger partial charge in [-0.05, 0) is 64.2 Å². The Morgan fingerprint density at radius 2 is 0.776 bits per heavy atom. The van der Waals surface area contributed by atoms with Crippen molar-refractivity contribution in [2.45, 2.75) is 238 Å². The molecule has 0 fully saturated rings. The van der Waals surface area contributed by atoms with Crippen molar-refractivity contribution in [1.82, 2.24) is 0 Å². The number of rotatable bonds is 44. The van der Waals surface area contributed by atoms with E-state index in [2.05, 4.69) is 60.9 Å². The topological polar surface area (TPSA) is 119 Å². The Balaban J connectivity index is 3.92. The van der Waals surface area contributed by atoms with E-state index in [9.17, 15) is 14.2 Å². The number of carbonyl (C=O) groups excluding carboxylic acids is 2. The number of ether oxygens (including phenoxy) is 2. The summed E-state index contributed by atoms with van der Waals surface area (Å²) in [5.74, 6) is -0.978. The molecule has 0 unspecified atom stereocenters. The predicted molar refractivity (Wildman–Crippen MR) is 244 cm³/mol. The first-order valence-electron chi connectivity index (χ1n) is 23.9. The van der Waals surface area contributed by atoms with Crippen LogP contribution in [0.4, 0.5) is 0 Å². The molecular formula is C49H89O8P. The van der Waals surface area contributed by atoms with Crippen molar-refractivity contribution in [3.05, 3.63) is 48.6 Å². The monoisotopic (exact) mass is 837 g/mol. The van der Waals surface area contributed by atoms with Crippen LogP contribution in [0.1, 0.15) is 232 Å². The lowest BCUT2D eigenvalue weighted by molar-refractivity contribution is -0.161. The van der Waals surface area contributed by atoms with Gasteiger partial charge in [0.1, 0.15) is 6.61 Å². The molecule has 0 rings (SSSR count). The molecule has 0 aromatic heterocycles. The quantitative estimate of drug-likeness (QED) is 0.0269. The van der Waals surface area contributed by atoms with E-state index in [4.69, 9.17) is 19.3 Å². The van der Waals surface area contributed by atoms with Crippen LogP contribution in [-0.2, 0) is 28.2 Å². The molecule has 0 aliphatic carbocycles. The molecule has 0 radical (unpaired) electrons. The summed E-state index contributed by atoms with van der Waals surface area (Å²) in [4.78, 5) is 42.9. The van der Waals surface area contributed by atoms with Crippen LogP contribution in [0, 0.1) is 0 Å². The van der Waals surface area contributed by atoms with Crippen LogP contribution in [0.3, 0.4) is 0 Å². The second kappa shape index (κ2) is 44.6. The van der Waals surface area contributed by atoms with Crippen molar-refractivity contribution in [3.63, 3.8) is 0 Å². The molecule has 0 saturated carbocycles. The summed E-state index contributed by atoms with van der Waals surface area (Å²) in [5, 5.41) is 0. The molecule has 0 heterocycles. The smallest absolute Gasteiger partial charge is 0.462 e. The van der Waals surface area contributed by atoms with E-state index in [0.29, 0.717) is 19.3 Å². The van der Waals surface area contributed by atoms with Crippen LogP contribution in [0.2, 0.25) is 0 Å². The van der Waals surface area contributed by atoms with E-state index in [-0.39, 0.29) is 19.4 Å². The molecule has 1 atom stereocenters. The zero-order chi connectivity index (χ0) is 42.5. The highest BCUT2D eigenvalue weighted by Crippen LogP contribution is 2.36. The third-order valence-corrected chi connectivity index (χ3v) is 10.8. The number of hydrogen-bond donors (Lipinski definition) is 2. The van der Waals surface area contributed by atoms with E-state index >= 15 is 0 Å². The Morgan fingerprint density at radius 3 is 1.17 bits per heavy atom. The minimum atomic E-state index is -4.78. The highest BCUT2D eigenvalue weighted by Gasteiger charge is 2.22. The number of carbonyl (C=O) groups is 2. The van der Waals surface area contributed by atoms with Gasteiger partial charge >= 0.3 is 19.8 Å². The average Bonchev–Trinajstić information content (AvgIpc) is 3.20. The van der Waals surface area contributed by atoms with Gasteiger partial charge in [0, 0.05) is 12.8 Å². The molecule has 0 aromatic carbocycles. The average molecular weight is 837 g/mol. The summed E-state index contributed by atoms with van der Waals surface area (Å²) < 4.78 is 26.4. The second-order valence-corrected chi connectivity index (χ2v) is 17.3. The van der Waals surface area contributed by atoms with Gasteiger partial charge in [0.2, 0.25) is 0 Å². The van der Waals surface area contributed by atoms with Gasteiger partial charge in [-0.3, -0.25) is 14.1 Å². The van der Waals surface area contributed by atoms with Crippen LogP contribution in [-0.4, -0.2) is 41.0 Å². The molecule has 0 spiro atoms. The van der Waals surface area contributed by atoms with Crippen LogP contribution < -0.4 is 0 Å². The first kappa shape index (κ1) is 56.0. The lowest BCUT2D eigenvalue weighted by Crippen LogP contribution is -2.29. The van der Waals surface area contributed by atoms with Crippen molar-refractivity contribution < 1.29 is 37.9 Å². The maximum absolute atomic E-state index is 12.4. The SMILES string of the molecule is CCCCCCCC/C=C/C/C=C/C/C=C/CCCC(=O)O[C@H](COC(=O)CCC/C=C/CCCCCCCCCCCCCCCCCCCC)COP(=O)(O)O. The minimum Gasteiger partial charge on any atom is -0.462 e. The molecule has 0 aliphatic heterocycles. The summed E-state index contributed by atoms with van der Waals surface area (Å²) in [7, 11) is -4.78. The number of esters is 2. The standard InChI is InChI=1S/C49H89O8P/c1-3-5-7-9-11-13-15-17-19-21-22-23-24-25-26-28-29-31-33-35-37-39-41-43-48(50)55-45-47(46-56-58(52,53)54)57-49(51)44-42-40-38-36-34-32-30-27-20-18-16-14-12-10-8-6-4-2/h18,20,30,32,35-38,47H,3-17,19,21-29,31,33-34,39-46H2,1-2H3,(H2,52,53,54)/b20-18+,32-30+,37-35+,38-36+/t47-/m1/s1.